The summed E-state index contributed by atoms with van der Waals surface area (Å²) in [6.07, 6.45) is 0.410. The van der Waals surface area contributed by atoms with Gasteiger partial charge in [0.15, 0.2) is 11.5 Å². The molecule has 0 bridgehead atoms. The predicted molar refractivity (Wildman–Crippen MR) is 81.1 cm³/mol. The summed E-state index contributed by atoms with van der Waals surface area (Å²) in [7, 11) is 1.14. The molecule has 0 fully saturated rings. The Balaban J connectivity index is 3.47. The van der Waals surface area contributed by atoms with E-state index in [1.807, 2.05) is 0 Å². The molecule has 0 aliphatic carbocycles. The molecule has 0 N–H and O–H groups in total. The molecule has 0 spiro atoms. The topological polar surface area (TPSA) is 112 Å². The highest BCUT2D eigenvalue weighted by atomic mass is 19.3. The summed E-state index contributed by atoms with van der Waals surface area (Å²) in [6.45, 7) is -0.0884. The van der Waals surface area contributed by atoms with Crippen LogP contribution in [0, 0.1) is 21.4 Å². The molecule has 0 aliphatic rings. The number of ether oxygens (including phenoxy) is 3. The monoisotopic (exact) mass is 356 g/mol. The fourth-order valence-corrected chi connectivity index (χ4v) is 1.76. The Hall–Kier alpha value is -3.22. The van der Waals surface area contributed by atoms with Crippen molar-refractivity contribution < 1.29 is 32.7 Å². The van der Waals surface area contributed by atoms with E-state index >= 15 is 0 Å². The number of nitriles is 1. The molecule has 0 amide bonds. The molecule has 0 saturated carbocycles. The standard InChI is InChI=1S/C15H14F2N2O6/c1-8(2)24-14(20)10(7-18)4-9-5-12(23-3)13(25-15(16)17)6-11(9)19(21)22/h4-6,8,15H,1-3H3/b10-4+. The Morgan fingerprint density at radius 2 is 2.00 bits per heavy atom. The first-order valence-electron chi connectivity index (χ1n) is 6.83. The van der Waals surface area contributed by atoms with E-state index in [4.69, 9.17) is 14.7 Å². The van der Waals surface area contributed by atoms with Crippen LogP contribution in [0.25, 0.3) is 6.08 Å². The Labute approximate surface area is 141 Å². The SMILES string of the molecule is COc1cc(/C=C(\C#N)C(=O)OC(C)C)c([N+](=O)[O-])cc1OC(F)F. The zero-order chi connectivity index (χ0) is 19.1. The maximum absolute atomic E-state index is 12.4. The maximum atomic E-state index is 12.4. The van der Waals surface area contributed by atoms with Gasteiger partial charge in [0.05, 0.1) is 29.8 Å². The highest BCUT2D eigenvalue weighted by Crippen LogP contribution is 2.36. The number of alkyl halides is 2. The van der Waals surface area contributed by atoms with Crippen LogP contribution in [-0.2, 0) is 9.53 Å². The molecule has 1 aromatic carbocycles. The lowest BCUT2D eigenvalue weighted by molar-refractivity contribution is -0.385. The fourth-order valence-electron chi connectivity index (χ4n) is 1.76. The number of nitrogens with zero attached hydrogens (tertiary/aromatic N) is 2. The lowest BCUT2D eigenvalue weighted by Crippen LogP contribution is -2.13. The summed E-state index contributed by atoms with van der Waals surface area (Å²) in [6, 6.07) is 3.31. The van der Waals surface area contributed by atoms with E-state index in [9.17, 15) is 23.7 Å². The van der Waals surface area contributed by atoms with Crippen LogP contribution >= 0.6 is 0 Å². The first kappa shape index (κ1) is 19.8. The van der Waals surface area contributed by atoms with Gasteiger partial charge in [0.25, 0.3) is 5.69 Å². The van der Waals surface area contributed by atoms with Gasteiger partial charge in [-0.1, -0.05) is 0 Å². The van der Waals surface area contributed by atoms with E-state index in [1.165, 1.54) is 0 Å². The number of benzene rings is 1. The third kappa shape index (κ3) is 5.42. The lowest BCUT2D eigenvalue weighted by atomic mass is 10.1. The molecule has 8 nitrogen and oxygen atoms in total. The first-order chi connectivity index (χ1) is 11.7. The van der Waals surface area contributed by atoms with Crippen LogP contribution < -0.4 is 9.47 Å². The third-order valence-corrected chi connectivity index (χ3v) is 2.71. The fraction of sp³-hybridized carbons (Fsp3) is 0.333. The highest BCUT2D eigenvalue weighted by Gasteiger charge is 2.22. The van der Waals surface area contributed by atoms with Crippen LogP contribution in [0.3, 0.4) is 0 Å². The van der Waals surface area contributed by atoms with E-state index in [0.29, 0.717) is 0 Å². The Morgan fingerprint density at radius 1 is 1.36 bits per heavy atom. The number of hydrogen-bond acceptors (Lipinski definition) is 7. The number of hydrogen-bond donors (Lipinski definition) is 0. The smallest absolute Gasteiger partial charge is 0.387 e. The molecule has 134 valence electrons. The zero-order valence-electron chi connectivity index (χ0n) is 13.5. The summed E-state index contributed by atoms with van der Waals surface area (Å²) < 4.78 is 38.7. The van der Waals surface area contributed by atoms with E-state index in [2.05, 4.69) is 4.74 Å². The number of carbonyl (C=O) groups excluding carboxylic acids is 1. The second-order valence-corrected chi connectivity index (χ2v) is 4.82. The molecule has 1 aromatic rings. The molecular formula is C15H14F2N2O6. The van der Waals surface area contributed by atoms with Crippen LogP contribution in [0.4, 0.5) is 14.5 Å². The molecule has 0 unspecified atom stereocenters. The molecule has 0 aliphatic heterocycles. The van der Waals surface area contributed by atoms with Gasteiger partial charge >= 0.3 is 12.6 Å². The molecular weight excluding hydrogens is 342 g/mol. The van der Waals surface area contributed by atoms with Crippen molar-refractivity contribution in [2.75, 3.05) is 7.11 Å². The van der Waals surface area contributed by atoms with Crippen LogP contribution in [0.1, 0.15) is 19.4 Å². The summed E-state index contributed by atoms with van der Waals surface area (Å²) >= 11 is 0. The molecule has 0 atom stereocenters. The van der Waals surface area contributed by atoms with Gasteiger partial charge in [-0.2, -0.15) is 14.0 Å². The number of esters is 1. The Bertz CT molecular complexity index is 740. The van der Waals surface area contributed by atoms with Crippen molar-refractivity contribution in [1.29, 1.82) is 5.26 Å². The zero-order valence-corrected chi connectivity index (χ0v) is 13.5. The van der Waals surface area contributed by atoms with Crippen molar-refractivity contribution in [2.24, 2.45) is 0 Å². The predicted octanol–water partition coefficient (Wildman–Crippen LogP) is 3.06. The van der Waals surface area contributed by atoms with Gasteiger partial charge in [-0.05, 0) is 26.0 Å². The lowest BCUT2D eigenvalue weighted by Gasteiger charge is -2.11. The summed E-state index contributed by atoms with van der Waals surface area (Å²) in [5, 5.41) is 20.2. The summed E-state index contributed by atoms with van der Waals surface area (Å²) in [5.74, 6) is -1.75. The quantitative estimate of drug-likeness (QED) is 0.243. The van der Waals surface area contributed by atoms with Crippen molar-refractivity contribution in [3.63, 3.8) is 0 Å². The number of nitro groups is 1. The van der Waals surface area contributed by atoms with E-state index in [1.54, 1.807) is 19.9 Å². The summed E-state index contributed by atoms with van der Waals surface area (Å²) in [4.78, 5) is 22.1. The molecule has 0 radical (unpaired) electrons. The van der Waals surface area contributed by atoms with Gasteiger partial charge in [-0.15, -0.1) is 0 Å². The third-order valence-electron chi connectivity index (χ3n) is 2.71. The van der Waals surface area contributed by atoms with E-state index in [-0.39, 0.29) is 11.3 Å². The maximum Gasteiger partial charge on any atom is 0.387 e. The minimum Gasteiger partial charge on any atom is -0.493 e. The number of rotatable bonds is 7. The van der Waals surface area contributed by atoms with Crippen molar-refractivity contribution in [3.05, 3.63) is 33.4 Å². The second kappa shape index (κ2) is 8.58. The molecule has 0 saturated heterocycles. The largest absolute Gasteiger partial charge is 0.493 e. The van der Waals surface area contributed by atoms with Gasteiger partial charge in [-0.25, -0.2) is 4.79 Å². The summed E-state index contributed by atoms with van der Waals surface area (Å²) in [5.41, 5.74) is -1.36. The molecule has 0 aromatic heterocycles. The Kier molecular flexibility index (Phi) is 6.81. The van der Waals surface area contributed by atoms with Crippen molar-refractivity contribution in [1.82, 2.24) is 0 Å². The average Bonchev–Trinajstić information content (AvgIpc) is 2.51. The van der Waals surface area contributed by atoms with Gasteiger partial charge in [-0.3, -0.25) is 10.1 Å². The average molecular weight is 356 g/mol. The van der Waals surface area contributed by atoms with Crippen LogP contribution in [0.2, 0.25) is 0 Å². The van der Waals surface area contributed by atoms with E-state index in [0.717, 1.165) is 25.3 Å². The van der Waals surface area contributed by atoms with Crippen LogP contribution in [0.15, 0.2) is 17.7 Å². The van der Waals surface area contributed by atoms with Gasteiger partial charge in [0.1, 0.15) is 11.6 Å². The van der Waals surface area contributed by atoms with Crippen molar-refractivity contribution in [2.45, 2.75) is 26.6 Å². The first-order valence-corrected chi connectivity index (χ1v) is 6.83. The molecule has 0 heterocycles. The normalized spacial score (nSPS) is 11.2. The Morgan fingerprint density at radius 3 is 2.44 bits per heavy atom. The van der Waals surface area contributed by atoms with Gasteiger partial charge < -0.3 is 14.2 Å². The van der Waals surface area contributed by atoms with Crippen LogP contribution in [-0.4, -0.2) is 30.7 Å². The van der Waals surface area contributed by atoms with E-state index < -0.39 is 40.6 Å². The molecule has 1 rings (SSSR count). The molecule has 25 heavy (non-hydrogen) atoms. The molecule has 10 heteroatoms. The highest BCUT2D eigenvalue weighted by molar-refractivity contribution is 5.98. The second-order valence-electron chi connectivity index (χ2n) is 4.82. The minimum absolute atomic E-state index is 0.208. The van der Waals surface area contributed by atoms with Crippen molar-refractivity contribution >= 4 is 17.7 Å². The van der Waals surface area contributed by atoms with Crippen molar-refractivity contribution in [3.8, 4) is 17.6 Å². The van der Waals surface area contributed by atoms with Crippen LogP contribution in [0.5, 0.6) is 11.5 Å². The van der Waals surface area contributed by atoms with Gasteiger partial charge in [0.2, 0.25) is 0 Å². The number of nitro benzene ring substituents is 1. The number of methoxy groups -OCH3 is 1. The minimum atomic E-state index is -3.22. The number of carbonyl (C=O) groups is 1. The number of halogens is 2. The van der Waals surface area contributed by atoms with Gasteiger partial charge in [0, 0.05) is 0 Å².